The second-order valence-corrected chi connectivity index (χ2v) is 7.00. The normalized spacial score (nSPS) is 10.8. The zero-order valence-electron chi connectivity index (χ0n) is 16.6. The first-order chi connectivity index (χ1) is 14.1. The van der Waals surface area contributed by atoms with Gasteiger partial charge in [-0.05, 0) is 36.8 Å². The molecule has 0 aliphatic carbocycles. The Morgan fingerprint density at radius 3 is 2.45 bits per heavy atom. The number of rotatable bonds is 6. The van der Waals surface area contributed by atoms with E-state index in [2.05, 4.69) is 24.4 Å². The van der Waals surface area contributed by atoms with Crippen molar-refractivity contribution in [1.29, 1.82) is 0 Å². The summed E-state index contributed by atoms with van der Waals surface area (Å²) in [5.74, 6) is 1.54. The molecule has 0 aliphatic rings. The zero-order chi connectivity index (χ0) is 20.2. The molecule has 0 radical (unpaired) electrons. The molecule has 4 aromatic rings. The third-order valence-electron chi connectivity index (χ3n) is 4.91. The molecule has 0 aliphatic heterocycles. The Balaban J connectivity index is 1.56. The summed E-state index contributed by atoms with van der Waals surface area (Å²) in [6.07, 6.45) is 0. The van der Waals surface area contributed by atoms with Gasteiger partial charge in [-0.2, -0.15) is 0 Å². The minimum absolute atomic E-state index is 0.0580. The van der Waals surface area contributed by atoms with Gasteiger partial charge in [-0.15, -0.1) is 0 Å². The third kappa shape index (κ3) is 4.14. The number of aromatic nitrogens is 2. The van der Waals surface area contributed by atoms with E-state index in [1.807, 2.05) is 65.2 Å². The summed E-state index contributed by atoms with van der Waals surface area (Å²) in [6.45, 7) is 2.73. The van der Waals surface area contributed by atoms with Crippen molar-refractivity contribution in [3.63, 3.8) is 0 Å². The lowest BCUT2D eigenvalue weighted by Gasteiger charge is -2.11. The van der Waals surface area contributed by atoms with E-state index in [-0.39, 0.29) is 12.5 Å². The molecule has 1 heterocycles. The fourth-order valence-corrected chi connectivity index (χ4v) is 3.30. The average molecular weight is 385 g/mol. The molecule has 0 bridgehead atoms. The molecule has 1 N–H and O–H groups in total. The molecule has 0 atom stereocenters. The molecular formula is C24H23N3O2. The number of ether oxygens (including phenoxy) is 1. The van der Waals surface area contributed by atoms with Gasteiger partial charge in [0.1, 0.15) is 18.1 Å². The summed E-state index contributed by atoms with van der Waals surface area (Å²) in [7, 11) is 1.64. The number of hydrogen-bond acceptors (Lipinski definition) is 3. The summed E-state index contributed by atoms with van der Waals surface area (Å²) >= 11 is 0. The summed E-state index contributed by atoms with van der Waals surface area (Å²) in [5.41, 5.74) is 5.03. The predicted octanol–water partition coefficient (Wildman–Crippen LogP) is 4.34. The molecule has 1 aromatic heterocycles. The van der Waals surface area contributed by atoms with E-state index in [9.17, 15) is 4.79 Å². The van der Waals surface area contributed by atoms with E-state index in [1.165, 1.54) is 5.56 Å². The fraction of sp³-hybridized carbons (Fsp3) is 0.167. The molecular weight excluding hydrogens is 362 g/mol. The van der Waals surface area contributed by atoms with Crippen molar-refractivity contribution >= 4 is 16.9 Å². The Kier molecular flexibility index (Phi) is 5.29. The van der Waals surface area contributed by atoms with Crippen LogP contribution in [0.1, 0.15) is 11.1 Å². The van der Waals surface area contributed by atoms with Crippen LogP contribution in [0.5, 0.6) is 5.75 Å². The molecule has 5 heteroatoms. The summed E-state index contributed by atoms with van der Waals surface area (Å²) < 4.78 is 7.15. The SMILES string of the molecule is COc1ccc(CNC(=O)Cn2c(-c3ccc(C)cc3)nc3ccccc32)cc1. The number of carbonyl (C=O) groups is 1. The van der Waals surface area contributed by atoms with Crippen LogP contribution in [0.2, 0.25) is 0 Å². The van der Waals surface area contributed by atoms with Crippen molar-refractivity contribution < 1.29 is 9.53 Å². The fourth-order valence-electron chi connectivity index (χ4n) is 3.30. The Morgan fingerprint density at radius 1 is 1.00 bits per heavy atom. The zero-order valence-corrected chi connectivity index (χ0v) is 16.6. The Labute approximate surface area is 170 Å². The lowest BCUT2D eigenvalue weighted by atomic mass is 10.1. The van der Waals surface area contributed by atoms with Crippen LogP contribution < -0.4 is 10.1 Å². The monoisotopic (exact) mass is 385 g/mol. The number of fused-ring (bicyclic) bond motifs is 1. The molecule has 0 fully saturated rings. The van der Waals surface area contributed by atoms with Gasteiger partial charge in [-0.3, -0.25) is 4.79 Å². The van der Waals surface area contributed by atoms with Crippen molar-refractivity contribution in [3.8, 4) is 17.1 Å². The van der Waals surface area contributed by atoms with E-state index >= 15 is 0 Å². The number of nitrogens with zero attached hydrogens (tertiary/aromatic N) is 2. The van der Waals surface area contributed by atoms with Gasteiger partial charge in [0.15, 0.2) is 0 Å². The summed E-state index contributed by atoms with van der Waals surface area (Å²) in [4.78, 5) is 17.5. The molecule has 3 aromatic carbocycles. The van der Waals surface area contributed by atoms with Crippen molar-refractivity contribution in [2.75, 3.05) is 7.11 Å². The van der Waals surface area contributed by atoms with Gasteiger partial charge in [0, 0.05) is 12.1 Å². The van der Waals surface area contributed by atoms with Gasteiger partial charge in [0.2, 0.25) is 5.91 Å². The summed E-state index contributed by atoms with van der Waals surface area (Å²) in [5, 5.41) is 3.00. The maximum atomic E-state index is 12.7. The van der Waals surface area contributed by atoms with Gasteiger partial charge in [-0.1, -0.05) is 54.1 Å². The molecule has 29 heavy (non-hydrogen) atoms. The second kappa shape index (κ2) is 8.19. The van der Waals surface area contributed by atoms with Crippen molar-refractivity contribution in [2.45, 2.75) is 20.0 Å². The Hall–Kier alpha value is -3.60. The number of amides is 1. The minimum Gasteiger partial charge on any atom is -0.497 e. The number of imidazole rings is 1. The van der Waals surface area contributed by atoms with Gasteiger partial charge in [-0.25, -0.2) is 4.98 Å². The molecule has 1 amide bonds. The molecule has 4 rings (SSSR count). The van der Waals surface area contributed by atoms with Crippen LogP contribution in [0.3, 0.4) is 0 Å². The average Bonchev–Trinajstić information content (AvgIpc) is 3.11. The molecule has 0 saturated carbocycles. The van der Waals surface area contributed by atoms with Crippen molar-refractivity contribution in [2.24, 2.45) is 0 Å². The Bertz CT molecular complexity index is 1130. The molecule has 0 saturated heterocycles. The number of carbonyl (C=O) groups excluding carboxylic acids is 1. The number of methoxy groups -OCH3 is 1. The van der Waals surface area contributed by atoms with Crippen LogP contribution in [0.15, 0.2) is 72.8 Å². The molecule has 146 valence electrons. The van der Waals surface area contributed by atoms with E-state index in [0.717, 1.165) is 33.7 Å². The third-order valence-corrected chi connectivity index (χ3v) is 4.91. The molecule has 0 unspecified atom stereocenters. The van der Waals surface area contributed by atoms with Crippen LogP contribution in [0.25, 0.3) is 22.4 Å². The first-order valence-corrected chi connectivity index (χ1v) is 9.56. The van der Waals surface area contributed by atoms with Gasteiger partial charge < -0.3 is 14.6 Å². The quantitative estimate of drug-likeness (QED) is 0.537. The van der Waals surface area contributed by atoms with Gasteiger partial charge >= 0.3 is 0 Å². The maximum absolute atomic E-state index is 12.7. The van der Waals surface area contributed by atoms with Gasteiger partial charge in [0.05, 0.1) is 18.1 Å². The van der Waals surface area contributed by atoms with Crippen molar-refractivity contribution in [3.05, 3.63) is 83.9 Å². The maximum Gasteiger partial charge on any atom is 0.240 e. The van der Waals surface area contributed by atoms with Crippen LogP contribution in [0.4, 0.5) is 0 Å². The van der Waals surface area contributed by atoms with E-state index < -0.39 is 0 Å². The van der Waals surface area contributed by atoms with Crippen molar-refractivity contribution in [1.82, 2.24) is 14.9 Å². The molecule has 5 nitrogen and oxygen atoms in total. The first kappa shape index (κ1) is 18.7. The van der Waals surface area contributed by atoms with Crippen LogP contribution in [-0.4, -0.2) is 22.6 Å². The highest BCUT2D eigenvalue weighted by Gasteiger charge is 2.15. The highest BCUT2D eigenvalue weighted by molar-refractivity contribution is 5.84. The standard InChI is InChI=1S/C24H23N3O2/c1-17-7-11-19(12-8-17)24-26-21-5-3-4-6-22(21)27(24)16-23(28)25-15-18-9-13-20(29-2)14-10-18/h3-14H,15-16H2,1-2H3,(H,25,28). The highest BCUT2D eigenvalue weighted by atomic mass is 16.5. The number of aryl methyl sites for hydroxylation is 1. The van der Waals surface area contributed by atoms with Crippen LogP contribution in [0, 0.1) is 6.92 Å². The van der Waals surface area contributed by atoms with E-state index in [4.69, 9.17) is 9.72 Å². The number of benzene rings is 3. The number of para-hydroxylation sites is 2. The minimum atomic E-state index is -0.0580. The second-order valence-electron chi connectivity index (χ2n) is 7.00. The first-order valence-electron chi connectivity index (χ1n) is 9.56. The Morgan fingerprint density at radius 2 is 1.72 bits per heavy atom. The molecule has 0 spiro atoms. The number of hydrogen-bond donors (Lipinski definition) is 1. The number of nitrogens with one attached hydrogen (secondary N) is 1. The van der Waals surface area contributed by atoms with Gasteiger partial charge in [0.25, 0.3) is 0 Å². The van der Waals surface area contributed by atoms with E-state index in [0.29, 0.717) is 6.54 Å². The lowest BCUT2D eigenvalue weighted by Crippen LogP contribution is -2.27. The summed E-state index contributed by atoms with van der Waals surface area (Å²) in [6, 6.07) is 23.8. The van der Waals surface area contributed by atoms with Crippen LogP contribution in [-0.2, 0) is 17.9 Å². The largest absolute Gasteiger partial charge is 0.497 e. The topological polar surface area (TPSA) is 56.1 Å². The smallest absolute Gasteiger partial charge is 0.240 e. The predicted molar refractivity (Wildman–Crippen MR) is 115 cm³/mol. The lowest BCUT2D eigenvalue weighted by molar-refractivity contribution is -0.121. The van der Waals surface area contributed by atoms with Crippen LogP contribution >= 0.6 is 0 Å². The van der Waals surface area contributed by atoms with E-state index in [1.54, 1.807) is 7.11 Å². The highest BCUT2D eigenvalue weighted by Crippen LogP contribution is 2.25.